The fourth-order valence-electron chi connectivity index (χ4n) is 0.705. The predicted molar refractivity (Wildman–Crippen MR) is 42.6 cm³/mol. The molecule has 0 aliphatic carbocycles. The van der Waals surface area contributed by atoms with Gasteiger partial charge in [0, 0.05) is 6.20 Å². The van der Waals surface area contributed by atoms with Gasteiger partial charge in [-0.05, 0) is 12.1 Å². The molecule has 0 saturated heterocycles. The average Bonchev–Trinajstić information content (AvgIpc) is 2.03. The van der Waals surface area contributed by atoms with E-state index in [1.54, 1.807) is 0 Å². The number of rotatable bonds is 2. The van der Waals surface area contributed by atoms with Crippen molar-refractivity contribution in [3.63, 3.8) is 0 Å². The van der Waals surface area contributed by atoms with Gasteiger partial charge < -0.3 is 5.11 Å². The number of nitrogens with zero attached hydrogens (tertiary/aromatic N) is 1. The summed E-state index contributed by atoms with van der Waals surface area (Å²) < 4.78 is 21.5. The van der Waals surface area contributed by atoms with Crippen molar-refractivity contribution in [1.29, 1.82) is 0 Å². The number of nitrogens with two attached hydrogens (primary N) is 1. The average molecular weight is 202 g/mol. The van der Waals surface area contributed by atoms with Crippen LogP contribution in [-0.2, 0) is 10.0 Å². The van der Waals surface area contributed by atoms with Crippen molar-refractivity contribution < 1.29 is 18.3 Å². The van der Waals surface area contributed by atoms with Crippen molar-refractivity contribution in [3.05, 3.63) is 24.0 Å². The standard InChI is InChI=1S/C6H6N2O4S/c7-13(11,12)4-1-2-8-5(3-4)6(9)10/h1-3H,(H,9,10)(H2,7,11,12). The Balaban J connectivity index is 3.29. The molecule has 1 rings (SSSR count). The Morgan fingerprint density at radius 2 is 2.15 bits per heavy atom. The third kappa shape index (κ3) is 2.23. The largest absolute Gasteiger partial charge is 0.477 e. The SMILES string of the molecule is NS(=O)(=O)c1ccnc(C(=O)O)c1. The zero-order valence-electron chi connectivity index (χ0n) is 6.34. The van der Waals surface area contributed by atoms with Crippen LogP contribution in [0.5, 0.6) is 0 Å². The zero-order valence-corrected chi connectivity index (χ0v) is 7.15. The molecule has 0 radical (unpaired) electrons. The summed E-state index contributed by atoms with van der Waals surface area (Å²) >= 11 is 0. The molecule has 3 N–H and O–H groups in total. The van der Waals surface area contributed by atoms with Crippen LogP contribution in [0.1, 0.15) is 10.5 Å². The molecule has 0 aliphatic heterocycles. The number of carboxylic acid groups (broad SMARTS) is 1. The highest BCUT2D eigenvalue weighted by Crippen LogP contribution is 2.06. The monoisotopic (exact) mass is 202 g/mol. The van der Waals surface area contributed by atoms with Crippen molar-refractivity contribution in [2.24, 2.45) is 5.14 Å². The quantitative estimate of drug-likeness (QED) is 0.667. The second-order valence-electron chi connectivity index (χ2n) is 2.23. The predicted octanol–water partition coefficient (Wildman–Crippen LogP) is -0.573. The van der Waals surface area contributed by atoms with E-state index in [2.05, 4.69) is 4.98 Å². The van der Waals surface area contributed by atoms with Crippen molar-refractivity contribution in [2.45, 2.75) is 4.90 Å². The van der Waals surface area contributed by atoms with Gasteiger partial charge in [0.1, 0.15) is 5.69 Å². The van der Waals surface area contributed by atoms with Gasteiger partial charge in [0.05, 0.1) is 4.90 Å². The van der Waals surface area contributed by atoms with Gasteiger partial charge in [-0.25, -0.2) is 23.3 Å². The van der Waals surface area contributed by atoms with Crippen molar-refractivity contribution in [1.82, 2.24) is 4.98 Å². The Labute approximate surface area is 74.1 Å². The number of carbonyl (C=O) groups is 1. The molecule has 0 spiro atoms. The topological polar surface area (TPSA) is 110 Å². The normalized spacial score (nSPS) is 11.2. The van der Waals surface area contributed by atoms with Crippen molar-refractivity contribution >= 4 is 16.0 Å². The Kier molecular flexibility index (Phi) is 2.30. The van der Waals surface area contributed by atoms with Gasteiger partial charge in [0.25, 0.3) is 0 Å². The second kappa shape index (κ2) is 3.11. The van der Waals surface area contributed by atoms with E-state index in [-0.39, 0.29) is 10.6 Å². The Morgan fingerprint density at radius 3 is 2.62 bits per heavy atom. The van der Waals surface area contributed by atoms with Crippen LogP contribution in [0.2, 0.25) is 0 Å². The van der Waals surface area contributed by atoms with Crippen LogP contribution in [0.15, 0.2) is 23.2 Å². The molecule has 1 aromatic heterocycles. The molecule has 6 nitrogen and oxygen atoms in total. The minimum atomic E-state index is -3.86. The molecular weight excluding hydrogens is 196 g/mol. The van der Waals surface area contributed by atoms with Crippen LogP contribution in [0, 0.1) is 0 Å². The maximum absolute atomic E-state index is 10.8. The fourth-order valence-corrected chi connectivity index (χ4v) is 1.23. The summed E-state index contributed by atoms with van der Waals surface area (Å²) in [5, 5.41) is 13.3. The van der Waals surface area contributed by atoms with Gasteiger partial charge in [0.15, 0.2) is 0 Å². The molecule has 7 heteroatoms. The van der Waals surface area contributed by atoms with E-state index in [0.29, 0.717) is 0 Å². The van der Waals surface area contributed by atoms with Gasteiger partial charge in [-0.15, -0.1) is 0 Å². The number of pyridine rings is 1. The summed E-state index contributed by atoms with van der Waals surface area (Å²) in [6, 6.07) is 2.03. The molecule has 1 aromatic rings. The first-order valence-electron chi connectivity index (χ1n) is 3.13. The molecule has 0 fully saturated rings. The van der Waals surface area contributed by atoms with Crippen LogP contribution in [0.25, 0.3) is 0 Å². The molecule has 13 heavy (non-hydrogen) atoms. The molecule has 1 heterocycles. The molecule has 0 unspecified atom stereocenters. The molecule has 70 valence electrons. The summed E-state index contributed by atoms with van der Waals surface area (Å²) in [5.74, 6) is -1.30. The van der Waals surface area contributed by atoms with E-state index < -0.39 is 16.0 Å². The summed E-state index contributed by atoms with van der Waals surface area (Å²) in [6.45, 7) is 0. The van der Waals surface area contributed by atoms with Gasteiger partial charge in [-0.1, -0.05) is 0 Å². The lowest BCUT2D eigenvalue weighted by Gasteiger charge is -1.97. The maximum atomic E-state index is 10.8. The summed E-state index contributed by atoms with van der Waals surface area (Å²) in [4.78, 5) is 13.6. The van der Waals surface area contributed by atoms with Gasteiger partial charge >= 0.3 is 5.97 Å². The van der Waals surface area contributed by atoms with Crippen molar-refractivity contribution in [2.75, 3.05) is 0 Å². The lowest BCUT2D eigenvalue weighted by molar-refractivity contribution is 0.0690. The van der Waals surface area contributed by atoms with Gasteiger partial charge in [-0.3, -0.25) is 0 Å². The Bertz CT molecular complexity index is 440. The first-order chi connectivity index (χ1) is 5.91. The van der Waals surface area contributed by atoms with E-state index in [1.807, 2.05) is 0 Å². The molecule has 0 bridgehead atoms. The van der Waals surface area contributed by atoms with E-state index in [4.69, 9.17) is 10.2 Å². The Morgan fingerprint density at radius 1 is 1.54 bits per heavy atom. The van der Waals surface area contributed by atoms with Crippen LogP contribution in [-0.4, -0.2) is 24.5 Å². The first kappa shape index (κ1) is 9.62. The third-order valence-corrected chi connectivity index (χ3v) is 2.19. The summed E-state index contributed by atoms with van der Waals surface area (Å²) in [5.41, 5.74) is -0.355. The molecule has 0 amide bonds. The number of carboxylic acids is 1. The maximum Gasteiger partial charge on any atom is 0.354 e. The van der Waals surface area contributed by atoms with E-state index >= 15 is 0 Å². The number of aromatic carboxylic acids is 1. The zero-order chi connectivity index (χ0) is 10.1. The summed E-state index contributed by atoms with van der Waals surface area (Å²) in [7, 11) is -3.86. The van der Waals surface area contributed by atoms with Crippen LogP contribution >= 0.6 is 0 Å². The van der Waals surface area contributed by atoms with Crippen LogP contribution < -0.4 is 5.14 Å². The lowest BCUT2D eigenvalue weighted by Crippen LogP contribution is -2.13. The highest BCUT2D eigenvalue weighted by atomic mass is 32.2. The first-order valence-corrected chi connectivity index (χ1v) is 4.68. The molecule has 0 saturated carbocycles. The second-order valence-corrected chi connectivity index (χ2v) is 3.79. The fraction of sp³-hybridized carbons (Fsp3) is 0. The van der Waals surface area contributed by atoms with E-state index in [1.165, 1.54) is 0 Å². The van der Waals surface area contributed by atoms with Crippen molar-refractivity contribution in [3.8, 4) is 0 Å². The lowest BCUT2D eigenvalue weighted by atomic mass is 10.4. The smallest absolute Gasteiger partial charge is 0.354 e. The number of hydrogen-bond acceptors (Lipinski definition) is 4. The van der Waals surface area contributed by atoms with Gasteiger partial charge in [-0.2, -0.15) is 0 Å². The number of primary sulfonamides is 1. The van der Waals surface area contributed by atoms with Crippen LogP contribution in [0.4, 0.5) is 0 Å². The van der Waals surface area contributed by atoms with Gasteiger partial charge in [0.2, 0.25) is 10.0 Å². The highest BCUT2D eigenvalue weighted by molar-refractivity contribution is 7.89. The van der Waals surface area contributed by atoms with E-state index in [9.17, 15) is 13.2 Å². The van der Waals surface area contributed by atoms with Crippen LogP contribution in [0.3, 0.4) is 0 Å². The molecular formula is C6H6N2O4S. The Hall–Kier alpha value is -1.47. The molecule has 0 atom stereocenters. The molecule has 0 aliphatic rings. The number of aromatic nitrogens is 1. The highest BCUT2D eigenvalue weighted by Gasteiger charge is 2.11. The number of sulfonamides is 1. The third-order valence-electron chi connectivity index (χ3n) is 1.28. The number of hydrogen-bond donors (Lipinski definition) is 2. The van der Waals surface area contributed by atoms with E-state index in [0.717, 1.165) is 18.3 Å². The minimum Gasteiger partial charge on any atom is -0.477 e. The minimum absolute atomic E-state index is 0.264. The summed E-state index contributed by atoms with van der Waals surface area (Å²) in [6.07, 6.45) is 1.07. The molecule has 0 aromatic carbocycles.